The van der Waals surface area contributed by atoms with Gasteiger partial charge in [-0.2, -0.15) is 0 Å². The van der Waals surface area contributed by atoms with Crippen LogP contribution >= 0.6 is 0 Å². The van der Waals surface area contributed by atoms with Gasteiger partial charge in [-0.15, -0.1) is 0 Å². The fourth-order valence-electron chi connectivity index (χ4n) is 3.70. The van der Waals surface area contributed by atoms with Crippen LogP contribution in [0.15, 0.2) is 48.5 Å². The topological polar surface area (TPSA) is 72.5 Å². The lowest BCUT2D eigenvalue weighted by atomic mass is 10.1. The summed E-state index contributed by atoms with van der Waals surface area (Å²) in [5.41, 5.74) is 1.44. The second-order valence-electron chi connectivity index (χ2n) is 7.54. The number of carbonyl (C=O) groups excluding carboxylic acids is 1. The number of esters is 1. The SMILES string of the molecule is COC(=O)c1ccc(CNS(=O)(=O)C2CC[N+](C)(c3ccccc3)CC2)c(F)c1. The lowest BCUT2D eigenvalue weighted by Crippen LogP contribution is -2.54. The van der Waals surface area contributed by atoms with Gasteiger partial charge in [0.1, 0.15) is 11.5 Å². The van der Waals surface area contributed by atoms with Crippen molar-refractivity contribution in [1.82, 2.24) is 9.21 Å². The Morgan fingerprint density at radius 3 is 2.41 bits per heavy atom. The third kappa shape index (κ3) is 4.83. The molecule has 0 spiro atoms. The zero-order valence-electron chi connectivity index (χ0n) is 16.6. The van der Waals surface area contributed by atoms with Gasteiger partial charge < -0.3 is 4.74 Å². The van der Waals surface area contributed by atoms with Crippen molar-refractivity contribution in [2.75, 3.05) is 27.2 Å². The molecule has 1 N–H and O–H groups in total. The Kier molecular flexibility index (Phi) is 6.36. The van der Waals surface area contributed by atoms with Crippen molar-refractivity contribution < 1.29 is 22.3 Å². The highest BCUT2D eigenvalue weighted by Gasteiger charge is 2.37. The first-order valence-electron chi connectivity index (χ1n) is 9.50. The van der Waals surface area contributed by atoms with E-state index in [1.807, 2.05) is 18.2 Å². The van der Waals surface area contributed by atoms with E-state index in [0.717, 1.165) is 19.2 Å². The van der Waals surface area contributed by atoms with Crippen molar-refractivity contribution >= 4 is 21.7 Å². The Balaban J connectivity index is 1.62. The Hall–Kier alpha value is -2.29. The van der Waals surface area contributed by atoms with Crippen molar-refractivity contribution in [3.05, 3.63) is 65.5 Å². The fraction of sp³-hybridized carbons (Fsp3) is 0.381. The van der Waals surface area contributed by atoms with Crippen molar-refractivity contribution in [3.63, 3.8) is 0 Å². The summed E-state index contributed by atoms with van der Waals surface area (Å²) in [5.74, 6) is -1.29. The highest BCUT2D eigenvalue weighted by Crippen LogP contribution is 2.28. The van der Waals surface area contributed by atoms with Gasteiger partial charge in [-0.3, -0.25) is 4.48 Å². The van der Waals surface area contributed by atoms with Crippen LogP contribution in [0.25, 0.3) is 0 Å². The first-order valence-corrected chi connectivity index (χ1v) is 11.1. The summed E-state index contributed by atoms with van der Waals surface area (Å²) in [6.45, 7) is 1.28. The van der Waals surface area contributed by atoms with Crippen LogP contribution in [0.5, 0.6) is 0 Å². The number of sulfonamides is 1. The highest BCUT2D eigenvalue weighted by atomic mass is 32.2. The number of hydrogen-bond donors (Lipinski definition) is 1. The number of hydrogen-bond acceptors (Lipinski definition) is 4. The van der Waals surface area contributed by atoms with Gasteiger partial charge in [0.05, 0.1) is 38.1 Å². The number of likely N-dealkylation sites (tertiary alicyclic amines) is 1. The van der Waals surface area contributed by atoms with Crippen LogP contribution in [-0.2, 0) is 21.3 Å². The largest absolute Gasteiger partial charge is 0.465 e. The molecule has 0 amide bonds. The van der Waals surface area contributed by atoms with E-state index >= 15 is 0 Å². The Labute approximate surface area is 170 Å². The summed E-state index contributed by atoms with van der Waals surface area (Å²) in [7, 11) is -0.249. The minimum absolute atomic E-state index is 0.0850. The molecule has 2 aromatic carbocycles. The first kappa shape index (κ1) is 21.4. The smallest absolute Gasteiger partial charge is 0.337 e. The molecule has 1 aliphatic rings. The molecule has 156 valence electrons. The molecule has 3 rings (SSSR count). The molecule has 8 heteroatoms. The maximum absolute atomic E-state index is 14.2. The van der Waals surface area contributed by atoms with E-state index in [-0.39, 0.29) is 17.7 Å². The maximum atomic E-state index is 14.2. The lowest BCUT2D eigenvalue weighted by Gasteiger charge is -2.39. The van der Waals surface area contributed by atoms with Crippen LogP contribution in [0.4, 0.5) is 10.1 Å². The number of rotatable bonds is 6. The molecular weight excluding hydrogens is 395 g/mol. The van der Waals surface area contributed by atoms with Crippen molar-refractivity contribution in [3.8, 4) is 0 Å². The number of benzene rings is 2. The highest BCUT2D eigenvalue weighted by molar-refractivity contribution is 7.90. The third-order valence-corrected chi connectivity index (χ3v) is 7.54. The van der Waals surface area contributed by atoms with Crippen LogP contribution in [0.1, 0.15) is 28.8 Å². The average molecular weight is 422 g/mol. The number of halogens is 1. The fourth-order valence-corrected chi connectivity index (χ4v) is 5.13. The first-order chi connectivity index (χ1) is 13.7. The molecule has 0 unspecified atom stereocenters. The molecule has 2 aromatic rings. The molecule has 1 saturated heterocycles. The summed E-state index contributed by atoms with van der Waals surface area (Å²) in [6.07, 6.45) is 1.06. The number of carbonyl (C=O) groups is 1. The van der Waals surface area contributed by atoms with E-state index < -0.39 is 27.1 Å². The van der Waals surface area contributed by atoms with Crippen molar-refractivity contribution in [2.24, 2.45) is 0 Å². The van der Waals surface area contributed by atoms with E-state index in [1.165, 1.54) is 24.9 Å². The zero-order valence-corrected chi connectivity index (χ0v) is 17.4. The molecule has 6 nitrogen and oxygen atoms in total. The molecule has 1 heterocycles. The number of nitrogens with one attached hydrogen (secondary N) is 1. The molecule has 0 bridgehead atoms. The predicted molar refractivity (Wildman–Crippen MR) is 110 cm³/mol. The minimum Gasteiger partial charge on any atom is -0.465 e. The second-order valence-corrected chi connectivity index (χ2v) is 9.59. The minimum atomic E-state index is -3.58. The number of nitrogens with zero attached hydrogens (tertiary/aromatic N) is 1. The molecule has 0 aromatic heterocycles. The molecule has 0 radical (unpaired) electrons. The van der Waals surface area contributed by atoms with Gasteiger partial charge in [0.2, 0.25) is 10.0 Å². The van der Waals surface area contributed by atoms with Gasteiger partial charge in [-0.25, -0.2) is 22.3 Å². The average Bonchev–Trinajstić information content (AvgIpc) is 2.73. The molecule has 1 aliphatic heterocycles. The molecular formula is C21H26FN2O4S+. The predicted octanol–water partition coefficient (Wildman–Crippen LogP) is 2.83. The zero-order chi connectivity index (χ0) is 21.1. The Morgan fingerprint density at radius 2 is 1.83 bits per heavy atom. The number of ether oxygens (including phenoxy) is 1. The van der Waals surface area contributed by atoms with Crippen LogP contribution < -0.4 is 9.21 Å². The van der Waals surface area contributed by atoms with Crippen LogP contribution in [0, 0.1) is 5.82 Å². The molecule has 0 saturated carbocycles. The standard InChI is InChI=1S/C21H26FN2O4S/c1-24(18-6-4-3-5-7-18)12-10-19(11-13-24)29(26,27)23-15-17-9-8-16(14-20(17)22)21(25)28-2/h3-9,14,19,23H,10-13,15H2,1-2H3/q+1. The number of piperidine rings is 1. The summed E-state index contributed by atoms with van der Waals surface area (Å²) in [6, 6.07) is 13.9. The van der Waals surface area contributed by atoms with E-state index in [2.05, 4.69) is 28.6 Å². The van der Waals surface area contributed by atoms with Crippen LogP contribution in [-0.4, -0.2) is 46.9 Å². The maximum Gasteiger partial charge on any atom is 0.337 e. The normalized spacial score (nSPS) is 22.2. The van der Waals surface area contributed by atoms with E-state index in [0.29, 0.717) is 17.3 Å². The monoisotopic (exact) mass is 421 g/mol. The van der Waals surface area contributed by atoms with E-state index in [9.17, 15) is 17.6 Å². The number of para-hydroxylation sites is 1. The van der Waals surface area contributed by atoms with E-state index in [1.54, 1.807) is 0 Å². The Morgan fingerprint density at radius 1 is 1.17 bits per heavy atom. The Bertz CT molecular complexity index is 971. The summed E-state index contributed by atoms with van der Waals surface area (Å²) >= 11 is 0. The lowest BCUT2D eigenvalue weighted by molar-refractivity contribution is 0.0600. The van der Waals surface area contributed by atoms with Gasteiger partial charge >= 0.3 is 5.97 Å². The van der Waals surface area contributed by atoms with Gasteiger partial charge in [0.25, 0.3) is 0 Å². The van der Waals surface area contributed by atoms with Crippen molar-refractivity contribution in [2.45, 2.75) is 24.6 Å². The van der Waals surface area contributed by atoms with Gasteiger partial charge in [0.15, 0.2) is 0 Å². The quantitative estimate of drug-likeness (QED) is 0.575. The number of methoxy groups -OCH3 is 1. The summed E-state index contributed by atoms with van der Waals surface area (Å²) < 4.78 is 47.4. The van der Waals surface area contributed by atoms with Gasteiger partial charge in [-0.1, -0.05) is 24.3 Å². The van der Waals surface area contributed by atoms with Crippen molar-refractivity contribution in [1.29, 1.82) is 0 Å². The summed E-state index contributed by atoms with van der Waals surface area (Å²) in [4.78, 5) is 11.5. The molecule has 1 fully saturated rings. The van der Waals surface area contributed by atoms with Gasteiger partial charge in [0, 0.05) is 24.9 Å². The van der Waals surface area contributed by atoms with E-state index in [4.69, 9.17) is 0 Å². The van der Waals surface area contributed by atoms with Gasteiger partial charge in [-0.05, 0) is 24.3 Å². The summed E-state index contributed by atoms with van der Waals surface area (Å²) in [5, 5.41) is -0.505. The van der Waals surface area contributed by atoms with Crippen LogP contribution in [0.2, 0.25) is 0 Å². The molecule has 29 heavy (non-hydrogen) atoms. The van der Waals surface area contributed by atoms with Crippen LogP contribution in [0.3, 0.4) is 0 Å². The number of quaternary nitrogens is 1. The molecule has 0 aliphatic carbocycles. The third-order valence-electron chi connectivity index (χ3n) is 5.65. The second kappa shape index (κ2) is 8.61. The molecule has 0 atom stereocenters.